The summed E-state index contributed by atoms with van der Waals surface area (Å²) in [7, 11) is 1.53. The number of esters is 1. The number of nitrogens with zero attached hydrogens (tertiary/aromatic N) is 1. The van der Waals surface area contributed by atoms with Gasteiger partial charge in [-0.1, -0.05) is 54.6 Å². The normalized spacial score (nSPS) is 22.5. The van der Waals surface area contributed by atoms with Gasteiger partial charge in [0.1, 0.15) is 11.5 Å². The van der Waals surface area contributed by atoms with Crippen LogP contribution >= 0.6 is 0 Å². The van der Waals surface area contributed by atoms with Gasteiger partial charge in [-0.25, -0.2) is 9.69 Å². The summed E-state index contributed by atoms with van der Waals surface area (Å²) in [5.74, 6) is -1.20. The van der Waals surface area contributed by atoms with E-state index in [0.29, 0.717) is 22.7 Å². The number of ether oxygens (including phenoxy) is 2. The van der Waals surface area contributed by atoms with Gasteiger partial charge in [0, 0.05) is 11.8 Å². The number of rotatable bonds is 4. The third-order valence-electron chi connectivity index (χ3n) is 8.06. The van der Waals surface area contributed by atoms with E-state index in [9.17, 15) is 14.4 Å². The third kappa shape index (κ3) is 3.16. The van der Waals surface area contributed by atoms with Crippen molar-refractivity contribution in [1.82, 2.24) is 0 Å². The van der Waals surface area contributed by atoms with Gasteiger partial charge in [0.25, 0.3) is 0 Å². The molecule has 186 valence electrons. The van der Waals surface area contributed by atoms with Crippen LogP contribution in [-0.4, -0.2) is 24.9 Å². The quantitative estimate of drug-likeness (QED) is 0.215. The Labute approximate surface area is 219 Å². The molecule has 1 aliphatic heterocycles. The molecule has 1 saturated heterocycles. The highest BCUT2D eigenvalue weighted by Gasteiger charge is 2.61. The number of methoxy groups -OCH3 is 1. The maximum atomic E-state index is 13.9. The van der Waals surface area contributed by atoms with Gasteiger partial charge in [-0.2, -0.15) is 0 Å². The Morgan fingerprint density at radius 3 is 1.68 bits per heavy atom. The van der Waals surface area contributed by atoms with Crippen molar-refractivity contribution in [3.8, 4) is 11.5 Å². The maximum Gasteiger partial charge on any atom is 0.343 e. The molecule has 8 rings (SSSR count). The number of imide groups is 1. The van der Waals surface area contributed by atoms with Crippen LogP contribution in [0.25, 0.3) is 0 Å². The molecule has 0 radical (unpaired) electrons. The lowest BCUT2D eigenvalue weighted by Crippen LogP contribution is -2.41. The van der Waals surface area contributed by atoms with Gasteiger partial charge in [-0.15, -0.1) is 0 Å². The zero-order valence-corrected chi connectivity index (χ0v) is 20.5. The van der Waals surface area contributed by atoms with Crippen LogP contribution in [0.2, 0.25) is 0 Å². The third-order valence-corrected chi connectivity index (χ3v) is 8.06. The number of carbonyl (C=O) groups excluding carboxylic acids is 3. The van der Waals surface area contributed by atoms with Gasteiger partial charge in [0.05, 0.1) is 30.2 Å². The standard InChI is InChI=1S/C32H23NO5/c1-37-21-8-6-7-18(17-21)32(36)38-20-15-13-19(14-16-20)33-30(34)28-26-22-9-2-3-10-23(22)27(29(28)31(33)35)25-12-5-4-11-24(25)26/h2-17,26-29H,1H3/t26?,27?,28-,29-/m0/s1. The van der Waals surface area contributed by atoms with Crippen molar-refractivity contribution >= 4 is 23.5 Å². The van der Waals surface area contributed by atoms with Gasteiger partial charge < -0.3 is 9.47 Å². The number of anilines is 1. The predicted octanol–water partition coefficient (Wildman–Crippen LogP) is 5.31. The fraction of sp³-hybridized carbons (Fsp3) is 0.156. The molecule has 1 fully saturated rings. The molecule has 0 spiro atoms. The molecular weight excluding hydrogens is 478 g/mol. The fourth-order valence-electron chi connectivity index (χ4n) is 6.51. The van der Waals surface area contributed by atoms with E-state index in [0.717, 1.165) is 22.3 Å². The molecule has 2 atom stereocenters. The minimum absolute atomic E-state index is 0.151. The largest absolute Gasteiger partial charge is 0.497 e. The summed E-state index contributed by atoms with van der Waals surface area (Å²) in [4.78, 5) is 41.7. The minimum Gasteiger partial charge on any atom is -0.497 e. The Kier molecular flexibility index (Phi) is 4.98. The molecule has 38 heavy (non-hydrogen) atoms. The van der Waals surface area contributed by atoms with Crippen molar-refractivity contribution in [1.29, 1.82) is 0 Å². The number of hydrogen-bond acceptors (Lipinski definition) is 5. The van der Waals surface area contributed by atoms with Crippen LogP contribution in [0, 0.1) is 11.8 Å². The molecule has 0 aromatic heterocycles. The van der Waals surface area contributed by atoms with Crippen molar-refractivity contribution in [2.24, 2.45) is 11.8 Å². The molecule has 4 aromatic rings. The molecule has 0 N–H and O–H groups in total. The first-order valence-electron chi connectivity index (χ1n) is 12.6. The summed E-state index contributed by atoms with van der Waals surface area (Å²) >= 11 is 0. The van der Waals surface area contributed by atoms with Crippen molar-refractivity contribution in [2.45, 2.75) is 11.8 Å². The van der Waals surface area contributed by atoms with Crippen molar-refractivity contribution in [3.05, 3.63) is 125 Å². The lowest BCUT2D eigenvalue weighted by atomic mass is 9.55. The number of hydrogen-bond donors (Lipinski definition) is 0. The first-order valence-corrected chi connectivity index (χ1v) is 12.6. The second-order valence-corrected chi connectivity index (χ2v) is 9.89. The van der Waals surface area contributed by atoms with E-state index < -0.39 is 17.8 Å². The van der Waals surface area contributed by atoms with Gasteiger partial charge in [0.2, 0.25) is 11.8 Å². The molecule has 2 bridgehead atoms. The van der Waals surface area contributed by atoms with E-state index in [1.807, 2.05) is 24.3 Å². The molecule has 0 unspecified atom stereocenters. The predicted molar refractivity (Wildman–Crippen MR) is 140 cm³/mol. The smallest absolute Gasteiger partial charge is 0.343 e. The summed E-state index contributed by atoms with van der Waals surface area (Å²) in [6.07, 6.45) is 0. The fourth-order valence-corrected chi connectivity index (χ4v) is 6.51. The number of carbonyl (C=O) groups is 3. The highest BCUT2D eigenvalue weighted by Crippen LogP contribution is 2.61. The zero-order valence-electron chi connectivity index (χ0n) is 20.5. The monoisotopic (exact) mass is 501 g/mol. The molecule has 0 saturated carbocycles. The average Bonchev–Trinajstić information content (AvgIpc) is 3.23. The highest BCUT2D eigenvalue weighted by molar-refractivity contribution is 6.23. The van der Waals surface area contributed by atoms with Crippen LogP contribution in [0.5, 0.6) is 11.5 Å². The van der Waals surface area contributed by atoms with Crippen LogP contribution < -0.4 is 14.4 Å². The van der Waals surface area contributed by atoms with Gasteiger partial charge >= 0.3 is 5.97 Å². The molecule has 6 nitrogen and oxygen atoms in total. The first-order chi connectivity index (χ1) is 18.6. The van der Waals surface area contributed by atoms with E-state index in [4.69, 9.17) is 9.47 Å². The second kappa shape index (κ2) is 8.42. The molecule has 1 heterocycles. The topological polar surface area (TPSA) is 72.9 Å². The van der Waals surface area contributed by atoms with Gasteiger partial charge in [-0.05, 0) is 64.7 Å². The zero-order chi connectivity index (χ0) is 26.0. The van der Waals surface area contributed by atoms with E-state index in [2.05, 4.69) is 24.3 Å². The average molecular weight is 502 g/mol. The maximum absolute atomic E-state index is 13.9. The SMILES string of the molecule is COc1cccc(C(=O)Oc2ccc(N3C(=O)[C@H]4C5c6ccccc6C(c6ccccc65)[C@@H]4C3=O)cc2)c1. The van der Waals surface area contributed by atoms with Crippen LogP contribution in [0.4, 0.5) is 5.69 Å². The summed E-state index contributed by atoms with van der Waals surface area (Å²) in [5.41, 5.74) is 5.39. The summed E-state index contributed by atoms with van der Waals surface area (Å²) < 4.78 is 10.7. The Morgan fingerprint density at radius 2 is 1.18 bits per heavy atom. The van der Waals surface area contributed by atoms with E-state index in [-0.39, 0.29) is 23.7 Å². The van der Waals surface area contributed by atoms with Crippen LogP contribution in [0.15, 0.2) is 97.1 Å². The second-order valence-electron chi connectivity index (χ2n) is 9.89. The highest BCUT2D eigenvalue weighted by atomic mass is 16.5. The van der Waals surface area contributed by atoms with E-state index >= 15 is 0 Å². The van der Waals surface area contributed by atoms with Crippen molar-refractivity contribution in [3.63, 3.8) is 0 Å². The number of benzene rings is 4. The molecule has 3 aliphatic carbocycles. The lowest BCUT2D eigenvalue weighted by molar-refractivity contribution is -0.122. The van der Waals surface area contributed by atoms with Gasteiger partial charge in [-0.3, -0.25) is 9.59 Å². The summed E-state index contributed by atoms with van der Waals surface area (Å²) in [5, 5.41) is 0. The Bertz CT molecular complexity index is 1510. The van der Waals surface area contributed by atoms with Gasteiger partial charge in [0.15, 0.2) is 0 Å². The van der Waals surface area contributed by atoms with E-state index in [1.165, 1.54) is 12.0 Å². The number of amides is 2. The molecule has 6 heteroatoms. The Hall–Kier alpha value is -4.71. The van der Waals surface area contributed by atoms with Crippen molar-refractivity contribution < 1.29 is 23.9 Å². The first kappa shape index (κ1) is 22.5. The van der Waals surface area contributed by atoms with Crippen molar-refractivity contribution in [2.75, 3.05) is 12.0 Å². The van der Waals surface area contributed by atoms with Crippen LogP contribution in [0.3, 0.4) is 0 Å². The molecule has 4 aromatic carbocycles. The lowest BCUT2D eigenvalue weighted by Gasteiger charge is -2.45. The van der Waals surface area contributed by atoms with E-state index in [1.54, 1.807) is 48.5 Å². The molecular formula is C32H23NO5. The van der Waals surface area contributed by atoms with Crippen LogP contribution in [-0.2, 0) is 9.59 Å². The summed E-state index contributed by atoms with van der Waals surface area (Å²) in [6, 6.07) is 29.6. The molecule has 2 amide bonds. The van der Waals surface area contributed by atoms with Crippen LogP contribution in [0.1, 0.15) is 44.4 Å². The summed E-state index contributed by atoms with van der Waals surface area (Å²) in [6.45, 7) is 0. The molecule has 4 aliphatic rings. The minimum atomic E-state index is -0.525. The Morgan fingerprint density at radius 1 is 0.658 bits per heavy atom. The Balaban J connectivity index is 1.19.